The third-order valence-electron chi connectivity index (χ3n) is 4.00. The van der Waals surface area contributed by atoms with E-state index < -0.39 is 0 Å². The number of methoxy groups -OCH3 is 1. The van der Waals surface area contributed by atoms with Crippen molar-refractivity contribution in [2.24, 2.45) is 0 Å². The van der Waals surface area contributed by atoms with Crippen LogP contribution in [0.25, 0.3) is 0 Å². The second-order valence-electron chi connectivity index (χ2n) is 5.89. The largest absolute Gasteiger partial charge is 0.465 e. The smallest absolute Gasteiger partial charge is 0.341 e. The minimum atomic E-state index is -0.339. The number of benzene rings is 1. The number of carbonyl (C=O) groups is 2. The molecule has 3 N–H and O–H groups in total. The van der Waals surface area contributed by atoms with Crippen LogP contribution in [0.1, 0.15) is 34.1 Å². The van der Waals surface area contributed by atoms with Gasteiger partial charge in [0.15, 0.2) is 5.11 Å². The van der Waals surface area contributed by atoms with E-state index in [4.69, 9.17) is 17.0 Å². The summed E-state index contributed by atoms with van der Waals surface area (Å²) in [6, 6.07) is 7.20. The third kappa shape index (κ3) is 4.03. The number of hydrogen-bond donors (Lipinski definition) is 3. The Kier molecular flexibility index (Phi) is 5.53. The van der Waals surface area contributed by atoms with Crippen LogP contribution in [-0.4, -0.2) is 24.1 Å². The summed E-state index contributed by atoms with van der Waals surface area (Å²) in [4.78, 5) is 24.4. The maximum Gasteiger partial charge on any atom is 0.341 e. The van der Waals surface area contributed by atoms with Crippen molar-refractivity contribution in [3.8, 4) is 0 Å². The van der Waals surface area contributed by atoms with Crippen LogP contribution >= 0.6 is 23.6 Å². The Morgan fingerprint density at radius 2 is 1.73 bits per heavy atom. The molecule has 8 heteroatoms. The zero-order chi connectivity index (χ0) is 18.7. The molecule has 136 valence electrons. The van der Waals surface area contributed by atoms with Crippen molar-refractivity contribution in [1.29, 1.82) is 0 Å². The SMILES string of the molecule is COC(=O)c1c(NC(=S)Nc2ccc(NC(C)=O)cc2)sc2c1CCC2. The molecule has 1 amide bonds. The molecule has 0 spiro atoms. The molecular formula is C18H19N3O3S2. The van der Waals surface area contributed by atoms with Crippen LogP contribution < -0.4 is 16.0 Å². The molecule has 0 atom stereocenters. The van der Waals surface area contributed by atoms with Crippen LogP contribution in [-0.2, 0) is 22.4 Å². The fraction of sp³-hybridized carbons (Fsp3) is 0.278. The fourth-order valence-electron chi connectivity index (χ4n) is 2.92. The van der Waals surface area contributed by atoms with Gasteiger partial charge in [0.1, 0.15) is 5.00 Å². The molecule has 0 fully saturated rings. The van der Waals surface area contributed by atoms with Crippen molar-refractivity contribution in [2.75, 3.05) is 23.1 Å². The number of carbonyl (C=O) groups excluding carboxylic acids is 2. The lowest BCUT2D eigenvalue weighted by Gasteiger charge is -2.11. The van der Waals surface area contributed by atoms with Gasteiger partial charge in [0.2, 0.25) is 5.91 Å². The summed E-state index contributed by atoms with van der Waals surface area (Å²) in [5, 5.41) is 10.0. The Morgan fingerprint density at radius 3 is 2.35 bits per heavy atom. The number of rotatable bonds is 4. The standard InChI is InChI=1S/C18H19N3O3S2/c1-10(22)19-11-6-8-12(9-7-11)20-18(25)21-16-15(17(23)24-2)13-4-3-5-14(13)26-16/h6-9H,3-5H2,1-2H3,(H,19,22)(H2,20,21,25). The molecule has 0 aliphatic heterocycles. The molecule has 1 aliphatic carbocycles. The van der Waals surface area contributed by atoms with Gasteiger partial charge < -0.3 is 20.7 Å². The van der Waals surface area contributed by atoms with Gasteiger partial charge in [-0.1, -0.05) is 0 Å². The first-order valence-electron chi connectivity index (χ1n) is 8.16. The van der Waals surface area contributed by atoms with Crippen molar-refractivity contribution in [3.63, 3.8) is 0 Å². The van der Waals surface area contributed by atoms with Crippen LogP contribution in [0, 0.1) is 0 Å². The maximum atomic E-state index is 12.2. The summed E-state index contributed by atoms with van der Waals surface area (Å²) < 4.78 is 4.93. The highest BCUT2D eigenvalue weighted by Crippen LogP contribution is 2.39. The van der Waals surface area contributed by atoms with E-state index in [9.17, 15) is 9.59 Å². The lowest BCUT2D eigenvalue weighted by molar-refractivity contribution is -0.114. The summed E-state index contributed by atoms with van der Waals surface area (Å²) in [5.74, 6) is -0.460. The maximum absolute atomic E-state index is 12.2. The highest BCUT2D eigenvalue weighted by Gasteiger charge is 2.27. The number of thiophene rings is 1. The molecule has 0 unspecified atom stereocenters. The fourth-order valence-corrected chi connectivity index (χ4v) is 4.48. The number of hydrogen-bond acceptors (Lipinski definition) is 5. The number of amides is 1. The van der Waals surface area contributed by atoms with Gasteiger partial charge >= 0.3 is 5.97 Å². The molecule has 3 rings (SSSR count). The molecule has 1 aliphatic rings. The van der Waals surface area contributed by atoms with E-state index in [0.29, 0.717) is 21.4 Å². The molecule has 6 nitrogen and oxygen atoms in total. The number of thiocarbonyl (C=S) groups is 1. The zero-order valence-electron chi connectivity index (χ0n) is 14.5. The molecule has 0 radical (unpaired) electrons. The van der Waals surface area contributed by atoms with Crippen LogP contribution in [0.15, 0.2) is 24.3 Å². The van der Waals surface area contributed by atoms with Crippen LogP contribution in [0.5, 0.6) is 0 Å². The highest BCUT2D eigenvalue weighted by atomic mass is 32.1. The number of nitrogens with one attached hydrogen (secondary N) is 3. The van der Waals surface area contributed by atoms with E-state index in [1.165, 1.54) is 18.9 Å². The molecule has 0 bridgehead atoms. The van der Waals surface area contributed by atoms with Gasteiger partial charge in [-0.05, 0) is 61.3 Å². The van der Waals surface area contributed by atoms with Crippen LogP contribution in [0.3, 0.4) is 0 Å². The summed E-state index contributed by atoms with van der Waals surface area (Å²) in [5.41, 5.74) is 3.16. The second kappa shape index (κ2) is 7.84. The molecule has 0 saturated heterocycles. The van der Waals surface area contributed by atoms with E-state index in [2.05, 4.69) is 16.0 Å². The Bertz CT molecular complexity index is 859. The number of esters is 1. The molecule has 0 saturated carbocycles. The molecule has 1 aromatic heterocycles. The normalized spacial score (nSPS) is 12.2. The predicted octanol–water partition coefficient (Wildman–Crippen LogP) is 3.79. The van der Waals surface area contributed by atoms with Gasteiger partial charge in [-0.2, -0.15) is 0 Å². The highest BCUT2D eigenvalue weighted by molar-refractivity contribution is 7.80. The first-order valence-corrected chi connectivity index (χ1v) is 9.39. The van der Waals surface area contributed by atoms with Gasteiger partial charge in [-0.25, -0.2) is 4.79 Å². The lowest BCUT2D eigenvalue weighted by atomic mass is 10.1. The summed E-state index contributed by atoms with van der Waals surface area (Å²) in [6.07, 6.45) is 2.94. The zero-order valence-corrected chi connectivity index (χ0v) is 16.1. The van der Waals surface area contributed by atoms with Crippen LogP contribution in [0.4, 0.5) is 16.4 Å². The van der Waals surface area contributed by atoms with E-state index in [1.54, 1.807) is 23.5 Å². The number of ether oxygens (including phenoxy) is 1. The van der Waals surface area contributed by atoms with Gasteiger partial charge in [0.25, 0.3) is 0 Å². The Balaban J connectivity index is 1.71. The monoisotopic (exact) mass is 389 g/mol. The van der Waals surface area contributed by atoms with Gasteiger partial charge in [0.05, 0.1) is 12.7 Å². The first kappa shape index (κ1) is 18.3. The Morgan fingerprint density at radius 1 is 1.08 bits per heavy atom. The predicted molar refractivity (Wildman–Crippen MR) is 108 cm³/mol. The summed E-state index contributed by atoms with van der Waals surface area (Å²) >= 11 is 6.93. The minimum Gasteiger partial charge on any atom is -0.465 e. The number of anilines is 3. The van der Waals surface area contributed by atoms with E-state index in [1.807, 2.05) is 12.1 Å². The molecule has 1 aromatic carbocycles. The van der Waals surface area contributed by atoms with Crippen LogP contribution in [0.2, 0.25) is 0 Å². The molecule has 2 aromatic rings. The Hall–Kier alpha value is -2.45. The van der Waals surface area contributed by atoms with E-state index in [0.717, 1.165) is 30.5 Å². The average molecular weight is 390 g/mol. The van der Waals surface area contributed by atoms with E-state index in [-0.39, 0.29) is 11.9 Å². The van der Waals surface area contributed by atoms with E-state index >= 15 is 0 Å². The second-order valence-corrected chi connectivity index (χ2v) is 7.40. The van der Waals surface area contributed by atoms with Gasteiger partial charge in [-0.3, -0.25) is 4.79 Å². The molecule has 1 heterocycles. The summed E-state index contributed by atoms with van der Waals surface area (Å²) in [7, 11) is 1.39. The molecule has 26 heavy (non-hydrogen) atoms. The Labute approximate surface area is 160 Å². The van der Waals surface area contributed by atoms with Crippen molar-refractivity contribution < 1.29 is 14.3 Å². The minimum absolute atomic E-state index is 0.121. The average Bonchev–Trinajstić information content (AvgIpc) is 3.16. The van der Waals surface area contributed by atoms with Crippen molar-refractivity contribution in [3.05, 3.63) is 40.3 Å². The summed E-state index contributed by atoms with van der Waals surface area (Å²) in [6.45, 7) is 1.46. The van der Waals surface area contributed by atoms with Crippen molar-refractivity contribution in [1.82, 2.24) is 0 Å². The van der Waals surface area contributed by atoms with Gasteiger partial charge in [0, 0.05) is 23.2 Å². The number of aryl methyl sites for hydroxylation is 1. The lowest BCUT2D eigenvalue weighted by Crippen LogP contribution is -2.20. The third-order valence-corrected chi connectivity index (χ3v) is 5.41. The molecular weight excluding hydrogens is 370 g/mol. The van der Waals surface area contributed by atoms with Gasteiger partial charge in [-0.15, -0.1) is 11.3 Å². The first-order chi connectivity index (χ1) is 12.5. The number of fused-ring (bicyclic) bond motifs is 1. The van der Waals surface area contributed by atoms with Crippen molar-refractivity contribution >= 4 is 56.9 Å². The quantitative estimate of drug-likeness (QED) is 0.545. The van der Waals surface area contributed by atoms with Crippen molar-refractivity contribution in [2.45, 2.75) is 26.2 Å². The topological polar surface area (TPSA) is 79.5 Å².